The Morgan fingerprint density at radius 2 is 1.41 bits per heavy atom. The molecule has 2 atom stereocenters. The van der Waals surface area contributed by atoms with E-state index in [1.165, 1.54) is 5.57 Å². The second-order valence-corrected chi connectivity index (χ2v) is 15.5. The molecule has 0 amide bonds. The van der Waals surface area contributed by atoms with E-state index in [0.717, 1.165) is 11.0 Å². The smallest absolute Gasteiger partial charge is 0.134 e. The summed E-state index contributed by atoms with van der Waals surface area (Å²) < 4.78 is 11.7. The minimum absolute atomic E-state index is 0.240. The van der Waals surface area contributed by atoms with Crippen LogP contribution in [0, 0.1) is 0 Å². The molecule has 2 aromatic rings. The fourth-order valence-electron chi connectivity index (χ4n) is 4.62. The van der Waals surface area contributed by atoms with Gasteiger partial charge in [0.15, 0.2) is 0 Å². The number of hydrogen-bond acceptors (Lipinski definition) is 2. The average Bonchev–Trinajstić information content (AvgIpc) is 3.28. The van der Waals surface area contributed by atoms with E-state index < -0.39 is 7.92 Å². The van der Waals surface area contributed by atoms with Crippen molar-refractivity contribution in [3.63, 3.8) is 0 Å². The van der Waals surface area contributed by atoms with Crippen LogP contribution in [0.3, 0.4) is 0 Å². The first kappa shape index (κ1) is 20.6. The first-order valence-electron chi connectivity index (χ1n) is 9.64. The van der Waals surface area contributed by atoms with E-state index in [4.69, 9.17) is 8.83 Å². The van der Waals surface area contributed by atoms with Crippen molar-refractivity contribution in [2.75, 3.05) is 0 Å². The summed E-state index contributed by atoms with van der Waals surface area (Å²) >= 11 is 0. The molecule has 0 fully saturated rings. The predicted octanol–water partition coefficient (Wildman–Crippen LogP) is 6.64. The fraction of sp³-hybridized carbons (Fsp3) is 0.478. The van der Waals surface area contributed by atoms with Crippen LogP contribution >= 0.6 is 15.8 Å². The molecule has 0 saturated carbocycles. The van der Waals surface area contributed by atoms with Crippen LogP contribution in [-0.2, 0) is 0 Å². The van der Waals surface area contributed by atoms with Gasteiger partial charge in [0.1, 0.15) is 11.0 Å². The monoisotopic (exact) mass is 402 g/mol. The molecule has 1 aliphatic carbocycles. The molecular formula is C23H32O2P2. The molecule has 0 radical (unpaired) electrons. The zero-order valence-electron chi connectivity index (χ0n) is 17.6. The summed E-state index contributed by atoms with van der Waals surface area (Å²) in [6.07, 6.45) is 10.5. The average molecular weight is 402 g/mol. The maximum atomic E-state index is 5.87. The van der Waals surface area contributed by atoms with Gasteiger partial charge in [0.25, 0.3) is 0 Å². The summed E-state index contributed by atoms with van der Waals surface area (Å²) in [6.45, 7) is 16.9. The van der Waals surface area contributed by atoms with Crippen LogP contribution in [0.1, 0.15) is 48.5 Å². The van der Waals surface area contributed by atoms with Gasteiger partial charge >= 0.3 is 0 Å². The largest absolute Gasteiger partial charge is 0.464 e. The molecule has 4 heteroatoms. The van der Waals surface area contributed by atoms with E-state index in [2.05, 4.69) is 78.8 Å². The van der Waals surface area contributed by atoms with Crippen LogP contribution in [-0.4, -0.2) is 21.6 Å². The molecule has 1 aliphatic rings. The standard InChI is InChI=1S/C23H32O2P2/c1-17(27(22(2,3)4)23(5,6)7)18-11-8-12-19(18)26(20-13-9-15-24-20)21-14-10-16-25-21/h8-17,19H,1-7H3/t17-,19?/m0/s1. The highest BCUT2D eigenvalue weighted by Gasteiger charge is 2.43. The minimum atomic E-state index is -0.724. The Balaban J connectivity index is 1.99. The van der Waals surface area contributed by atoms with E-state index >= 15 is 0 Å². The Bertz CT molecular complexity index is 738. The fourth-order valence-corrected chi connectivity index (χ4v) is 12.1. The van der Waals surface area contributed by atoms with E-state index in [0.29, 0.717) is 21.6 Å². The lowest BCUT2D eigenvalue weighted by atomic mass is 10.1. The van der Waals surface area contributed by atoms with Gasteiger partial charge < -0.3 is 8.83 Å². The third-order valence-electron chi connectivity index (χ3n) is 5.00. The zero-order valence-corrected chi connectivity index (χ0v) is 19.4. The molecule has 2 heterocycles. The van der Waals surface area contributed by atoms with Crippen LogP contribution in [0.5, 0.6) is 0 Å². The predicted molar refractivity (Wildman–Crippen MR) is 121 cm³/mol. The van der Waals surface area contributed by atoms with Crippen molar-refractivity contribution in [3.05, 3.63) is 60.6 Å². The molecule has 3 rings (SSSR count). The number of rotatable bonds is 5. The van der Waals surface area contributed by atoms with E-state index in [1.54, 1.807) is 12.5 Å². The van der Waals surface area contributed by atoms with E-state index in [-0.39, 0.29) is 7.92 Å². The van der Waals surface area contributed by atoms with E-state index in [1.807, 2.05) is 12.1 Å². The van der Waals surface area contributed by atoms with Gasteiger partial charge in [0.05, 0.1) is 12.5 Å². The van der Waals surface area contributed by atoms with Crippen LogP contribution < -0.4 is 11.0 Å². The van der Waals surface area contributed by atoms with Gasteiger partial charge in [-0.1, -0.05) is 80.2 Å². The first-order chi connectivity index (χ1) is 12.6. The van der Waals surface area contributed by atoms with Crippen LogP contribution in [0.25, 0.3) is 0 Å². The number of hydrogen-bond donors (Lipinski definition) is 0. The summed E-state index contributed by atoms with van der Waals surface area (Å²) in [6, 6.07) is 8.16. The van der Waals surface area contributed by atoms with Crippen molar-refractivity contribution in [3.8, 4) is 0 Å². The Labute approximate surface area is 166 Å². The summed E-state index contributed by atoms with van der Waals surface area (Å²) in [5.74, 6) is 0. The first-order valence-corrected chi connectivity index (χ1v) is 12.5. The lowest BCUT2D eigenvalue weighted by Crippen LogP contribution is -2.33. The minimum Gasteiger partial charge on any atom is -0.464 e. The normalized spacial score (nSPS) is 19.1. The Kier molecular flexibility index (Phi) is 5.90. The highest BCUT2D eigenvalue weighted by Crippen LogP contribution is 2.65. The van der Waals surface area contributed by atoms with Crippen LogP contribution in [0.15, 0.2) is 69.4 Å². The molecular weight excluding hydrogens is 370 g/mol. The van der Waals surface area contributed by atoms with Crippen molar-refractivity contribution in [2.45, 2.75) is 70.1 Å². The van der Waals surface area contributed by atoms with Gasteiger partial charge in [0.2, 0.25) is 0 Å². The molecule has 0 spiro atoms. The molecule has 0 aromatic carbocycles. The molecule has 1 unspecified atom stereocenters. The van der Waals surface area contributed by atoms with Crippen molar-refractivity contribution < 1.29 is 8.83 Å². The van der Waals surface area contributed by atoms with Gasteiger partial charge in [-0.2, -0.15) is 0 Å². The molecule has 27 heavy (non-hydrogen) atoms. The molecule has 0 N–H and O–H groups in total. The quantitative estimate of drug-likeness (QED) is 0.524. The highest BCUT2D eigenvalue weighted by molar-refractivity contribution is 7.73. The van der Waals surface area contributed by atoms with Crippen LogP contribution in [0.4, 0.5) is 0 Å². The molecule has 0 saturated heterocycles. The number of furan rings is 2. The van der Waals surface area contributed by atoms with Gasteiger partial charge in [0, 0.05) is 13.6 Å². The summed E-state index contributed by atoms with van der Waals surface area (Å²) in [5, 5.41) is 0.582. The maximum Gasteiger partial charge on any atom is 0.134 e. The molecule has 146 valence electrons. The van der Waals surface area contributed by atoms with Crippen molar-refractivity contribution in [2.24, 2.45) is 0 Å². The highest BCUT2D eigenvalue weighted by atomic mass is 31.1. The molecule has 2 nitrogen and oxygen atoms in total. The summed E-state index contributed by atoms with van der Waals surface area (Å²) in [5.41, 5.74) is 4.47. The zero-order chi connectivity index (χ0) is 19.8. The van der Waals surface area contributed by atoms with Crippen molar-refractivity contribution in [1.29, 1.82) is 0 Å². The lowest BCUT2D eigenvalue weighted by Gasteiger charge is -2.47. The van der Waals surface area contributed by atoms with Gasteiger partial charge in [-0.15, -0.1) is 0 Å². The molecule has 0 aliphatic heterocycles. The van der Waals surface area contributed by atoms with E-state index in [9.17, 15) is 0 Å². The molecule has 0 bridgehead atoms. The van der Waals surface area contributed by atoms with Crippen LogP contribution in [0.2, 0.25) is 0 Å². The van der Waals surface area contributed by atoms with Gasteiger partial charge in [-0.25, -0.2) is 0 Å². The topological polar surface area (TPSA) is 26.3 Å². The Hall–Kier alpha value is -1.10. The van der Waals surface area contributed by atoms with Crippen molar-refractivity contribution in [1.82, 2.24) is 0 Å². The van der Waals surface area contributed by atoms with Gasteiger partial charge in [-0.3, -0.25) is 0 Å². The second-order valence-electron chi connectivity index (χ2n) is 9.16. The maximum absolute atomic E-state index is 5.87. The Morgan fingerprint density at radius 1 is 0.889 bits per heavy atom. The molecule has 2 aromatic heterocycles. The van der Waals surface area contributed by atoms with Gasteiger partial charge in [-0.05, 0) is 40.2 Å². The lowest BCUT2D eigenvalue weighted by molar-refractivity contribution is 0.592. The third-order valence-corrected chi connectivity index (χ3v) is 11.5. The van der Waals surface area contributed by atoms with Crippen molar-refractivity contribution >= 4 is 26.8 Å². The Morgan fingerprint density at radius 3 is 1.81 bits per heavy atom. The number of allylic oxidation sites excluding steroid dienone is 4. The SMILES string of the molecule is C[C@@H](C1=CC=CC1P(c1ccco1)c1ccco1)P(C(C)(C)C)C(C)(C)C. The summed E-state index contributed by atoms with van der Waals surface area (Å²) in [7, 11) is -0.965. The second kappa shape index (κ2) is 7.73. The third kappa shape index (κ3) is 4.33. The summed E-state index contributed by atoms with van der Waals surface area (Å²) in [4.78, 5) is 0.